The van der Waals surface area contributed by atoms with E-state index in [2.05, 4.69) is 15.4 Å². The van der Waals surface area contributed by atoms with Crippen molar-refractivity contribution in [3.63, 3.8) is 0 Å². The molecule has 0 aromatic heterocycles. The molecule has 33 heavy (non-hydrogen) atoms. The van der Waals surface area contributed by atoms with Crippen molar-refractivity contribution in [1.82, 2.24) is 15.5 Å². The van der Waals surface area contributed by atoms with E-state index in [4.69, 9.17) is 0 Å². The second kappa shape index (κ2) is 11.2. The monoisotopic (exact) mass is 480 g/mol. The predicted molar refractivity (Wildman–Crippen MR) is 131 cm³/mol. The lowest BCUT2D eigenvalue weighted by molar-refractivity contribution is -0.127. The summed E-state index contributed by atoms with van der Waals surface area (Å²) in [5, 5.41) is 6.03. The number of ether oxygens (including phenoxy) is 1. The first-order chi connectivity index (χ1) is 15.2. The lowest BCUT2D eigenvalue weighted by Gasteiger charge is -2.40. The van der Waals surface area contributed by atoms with Gasteiger partial charge in [0.2, 0.25) is 5.91 Å². The van der Waals surface area contributed by atoms with Gasteiger partial charge in [-0.05, 0) is 57.4 Å². The Bertz CT molecular complexity index is 868. The number of halogens is 1. The number of piperidine rings is 1. The topological polar surface area (TPSA) is 91.0 Å². The van der Waals surface area contributed by atoms with Gasteiger partial charge in [0.25, 0.3) is 5.91 Å². The minimum absolute atomic E-state index is 0. The van der Waals surface area contributed by atoms with Gasteiger partial charge in [-0.3, -0.25) is 9.59 Å². The fourth-order valence-corrected chi connectivity index (χ4v) is 4.73. The standard InChI is InChI=1S/C24H36N4O4.ClH/c1-16(2)28(19-7-6-10-25-15-19)21(29)17-8-9-18-14-24(3,4)22(30)27(20(18)13-17)12-11-26-23(31)32-5;/h8-9,13,16,19,25H,6-7,10-12,14-15H2,1-5H3,(H,26,31);1H/t19-;/m1./s1. The van der Waals surface area contributed by atoms with Crippen molar-refractivity contribution in [2.45, 2.75) is 59.0 Å². The Hall–Kier alpha value is -2.32. The van der Waals surface area contributed by atoms with Crippen LogP contribution in [0.4, 0.5) is 10.5 Å². The predicted octanol–water partition coefficient (Wildman–Crippen LogP) is 2.98. The average Bonchev–Trinajstić information content (AvgIpc) is 2.76. The number of carbonyl (C=O) groups excluding carboxylic acids is 3. The maximum absolute atomic E-state index is 13.6. The van der Waals surface area contributed by atoms with Gasteiger partial charge in [0.15, 0.2) is 0 Å². The molecule has 1 atom stereocenters. The number of fused-ring (bicyclic) bond motifs is 1. The summed E-state index contributed by atoms with van der Waals surface area (Å²) in [5.74, 6) is -0.0279. The van der Waals surface area contributed by atoms with E-state index in [0.29, 0.717) is 18.5 Å². The molecule has 184 valence electrons. The van der Waals surface area contributed by atoms with Crippen molar-refractivity contribution in [2.75, 3.05) is 38.2 Å². The number of alkyl carbamates (subject to hydrolysis) is 1. The highest BCUT2D eigenvalue weighted by Crippen LogP contribution is 2.38. The number of nitrogens with one attached hydrogen (secondary N) is 2. The first-order valence-corrected chi connectivity index (χ1v) is 11.5. The Kier molecular flexibility index (Phi) is 9.14. The van der Waals surface area contributed by atoms with Crippen molar-refractivity contribution in [1.29, 1.82) is 0 Å². The molecule has 9 heteroatoms. The molecule has 1 saturated heterocycles. The fraction of sp³-hybridized carbons (Fsp3) is 0.625. The summed E-state index contributed by atoms with van der Waals surface area (Å²) in [6.07, 6.45) is 2.11. The van der Waals surface area contributed by atoms with E-state index in [1.54, 1.807) is 4.90 Å². The molecule has 0 aliphatic carbocycles. The van der Waals surface area contributed by atoms with Crippen molar-refractivity contribution >= 4 is 36.0 Å². The number of anilines is 1. The fourth-order valence-electron chi connectivity index (χ4n) is 4.73. The molecule has 2 heterocycles. The van der Waals surface area contributed by atoms with E-state index in [1.807, 2.05) is 50.8 Å². The molecule has 0 spiro atoms. The number of hydrogen-bond acceptors (Lipinski definition) is 5. The van der Waals surface area contributed by atoms with Gasteiger partial charge in [0.05, 0.1) is 7.11 Å². The Labute approximate surface area is 202 Å². The number of rotatable bonds is 6. The smallest absolute Gasteiger partial charge is 0.406 e. The number of benzene rings is 1. The maximum Gasteiger partial charge on any atom is 0.406 e. The highest BCUT2D eigenvalue weighted by Gasteiger charge is 2.39. The summed E-state index contributed by atoms with van der Waals surface area (Å²) in [5.41, 5.74) is 1.81. The molecule has 0 bridgehead atoms. The van der Waals surface area contributed by atoms with E-state index >= 15 is 0 Å². The largest absolute Gasteiger partial charge is 0.453 e. The maximum atomic E-state index is 13.6. The van der Waals surface area contributed by atoms with Crippen LogP contribution in [0.3, 0.4) is 0 Å². The summed E-state index contributed by atoms with van der Waals surface area (Å²) in [6.45, 7) is 10.3. The SMILES string of the molecule is COC(=O)NCCN1C(=O)C(C)(C)Cc2ccc(C(=O)N(C(C)C)[C@@H]3CCCNC3)cc21.Cl. The van der Waals surface area contributed by atoms with Gasteiger partial charge >= 0.3 is 6.09 Å². The van der Waals surface area contributed by atoms with Gasteiger partial charge in [-0.15, -0.1) is 12.4 Å². The number of carbonyl (C=O) groups is 3. The molecule has 3 amide bonds. The minimum atomic E-state index is -0.554. The summed E-state index contributed by atoms with van der Waals surface area (Å²) >= 11 is 0. The third-order valence-electron chi connectivity index (χ3n) is 6.32. The van der Waals surface area contributed by atoms with Crippen LogP contribution in [0.2, 0.25) is 0 Å². The first-order valence-electron chi connectivity index (χ1n) is 11.5. The van der Waals surface area contributed by atoms with Gasteiger partial charge in [-0.1, -0.05) is 19.9 Å². The second-order valence-electron chi connectivity index (χ2n) is 9.59. The van der Waals surface area contributed by atoms with Gasteiger partial charge in [-0.2, -0.15) is 0 Å². The van der Waals surface area contributed by atoms with Crippen LogP contribution in [-0.2, 0) is 16.0 Å². The molecule has 1 aromatic carbocycles. The van der Waals surface area contributed by atoms with Crippen molar-refractivity contribution in [3.05, 3.63) is 29.3 Å². The third-order valence-corrected chi connectivity index (χ3v) is 6.32. The highest BCUT2D eigenvalue weighted by molar-refractivity contribution is 6.02. The van der Waals surface area contributed by atoms with E-state index in [-0.39, 0.29) is 42.8 Å². The number of nitrogens with zero attached hydrogens (tertiary/aromatic N) is 2. The van der Waals surface area contributed by atoms with Crippen molar-refractivity contribution in [2.24, 2.45) is 5.41 Å². The second-order valence-corrected chi connectivity index (χ2v) is 9.59. The zero-order valence-corrected chi connectivity index (χ0v) is 21.1. The molecule has 0 unspecified atom stereocenters. The molecule has 0 saturated carbocycles. The van der Waals surface area contributed by atoms with Crippen LogP contribution in [-0.4, -0.2) is 68.2 Å². The Morgan fingerprint density at radius 3 is 2.67 bits per heavy atom. The summed E-state index contributed by atoms with van der Waals surface area (Å²) in [7, 11) is 1.31. The molecule has 1 aromatic rings. The quantitative estimate of drug-likeness (QED) is 0.653. The van der Waals surface area contributed by atoms with Crippen LogP contribution in [0.15, 0.2) is 18.2 Å². The van der Waals surface area contributed by atoms with Crippen LogP contribution < -0.4 is 15.5 Å². The average molecular weight is 481 g/mol. The van der Waals surface area contributed by atoms with E-state index in [1.165, 1.54) is 7.11 Å². The molecule has 1 fully saturated rings. The van der Waals surface area contributed by atoms with Crippen LogP contribution >= 0.6 is 12.4 Å². The summed E-state index contributed by atoms with van der Waals surface area (Å²) < 4.78 is 4.62. The van der Waals surface area contributed by atoms with Crippen molar-refractivity contribution in [3.8, 4) is 0 Å². The van der Waals surface area contributed by atoms with E-state index in [9.17, 15) is 14.4 Å². The summed E-state index contributed by atoms with van der Waals surface area (Å²) in [4.78, 5) is 41.9. The normalized spacial score (nSPS) is 19.4. The molecule has 0 radical (unpaired) electrons. The Balaban J connectivity index is 0.00000385. The Morgan fingerprint density at radius 2 is 2.06 bits per heavy atom. The van der Waals surface area contributed by atoms with Crippen LogP contribution in [0.1, 0.15) is 56.5 Å². The van der Waals surface area contributed by atoms with Crippen molar-refractivity contribution < 1.29 is 19.1 Å². The summed E-state index contributed by atoms with van der Waals surface area (Å²) in [6, 6.07) is 5.92. The number of methoxy groups -OCH3 is 1. The van der Waals surface area contributed by atoms with Crippen LogP contribution in [0.5, 0.6) is 0 Å². The first kappa shape index (κ1) is 26.9. The zero-order valence-electron chi connectivity index (χ0n) is 20.3. The lowest BCUT2D eigenvalue weighted by atomic mass is 9.80. The Morgan fingerprint density at radius 1 is 1.33 bits per heavy atom. The number of hydrogen-bond donors (Lipinski definition) is 2. The minimum Gasteiger partial charge on any atom is -0.453 e. The zero-order chi connectivity index (χ0) is 23.5. The van der Waals surface area contributed by atoms with Crippen LogP contribution in [0.25, 0.3) is 0 Å². The molecule has 8 nitrogen and oxygen atoms in total. The highest BCUT2D eigenvalue weighted by atomic mass is 35.5. The molecule has 2 aliphatic rings. The molecule has 2 aliphatic heterocycles. The lowest BCUT2D eigenvalue weighted by Crippen LogP contribution is -2.52. The molecule has 2 N–H and O–H groups in total. The van der Waals surface area contributed by atoms with E-state index < -0.39 is 11.5 Å². The number of amides is 3. The van der Waals surface area contributed by atoms with Gasteiger partial charge in [0.1, 0.15) is 0 Å². The molecular formula is C24H37ClN4O4. The molecular weight excluding hydrogens is 444 g/mol. The van der Waals surface area contributed by atoms with Gasteiger partial charge in [0, 0.05) is 48.4 Å². The van der Waals surface area contributed by atoms with Crippen LogP contribution in [0, 0.1) is 5.41 Å². The van der Waals surface area contributed by atoms with Gasteiger partial charge in [-0.25, -0.2) is 4.79 Å². The van der Waals surface area contributed by atoms with E-state index in [0.717, 1.165) is 37.2 Å². The molecule has 3 rings (SSSR count). The third kappa shape index (κ3) is 5.98. The van der Waals surface area contributed by atoms with Gasteiger partial charge < -0.3 is 25.2 Å².